The lowest BCUT2D eigenvalue weighted by molar-refractivity contribution is -0.123. The van der Waals surface area contributed by atoms with Crippen molar-refractivity contribution in [3.8, 4) is 11.4 Å². The summed E-state index contributed by atoms with van der Waals surface area (Å²) in [6.45, 7) is 2.91. The highest BCUT2D eigenvalue weighted by molar-refractivity contribution is 5.99. The molecule has 0 aliphatic carbocycles. The van der Waals surface area contributed by atoms with Crippen molar-refractivity contribution in [2.24, 2.45) is 0 Å². The van der Waals surface area contributed by atoms with Crippen LogP contribution < -0.4 is 10.6 Å². The van der Waals surface area contributed by atoms with Crippen molar-refractivity contribution < 1.29 is 19.1 Å². The van der Waals surface area contributed by atoms with Gasteiger partial charge in [-0.05, 0) is 61.5 Å². The molecule has 1 atom stereocenters. The zero-order valence-electron chi connectivity index (χ0n) is 18.0. The van der Waals surface area contributed by atoms with Crippen molar-refractivity contribution >= 4 is 40.2 Å². The van der Waals surface area contributed by atoms with E-state index in [-0.39, 0.29) is 5.91 Å². The van der Waals surface area contributed by atoms with E-state index in [4.69, 9.17) is 4.74 Å². The van der Waals surface area contributed by atoms with Crippen molar-refractivity contribution in [1.29, 1.82) is 0 Å². The average Bonchev–Trinajstić information content (AvgIpc) is 3.24. The third-order valence-corrected chi connectivity index (χ3v) is 4.78. The van der Waals surface area contributed by atoms with Crippen LogP contribution in [0.15, 0.2) is 67.0 Å². The minimum absolute atomic E-state index is 0.186. The monoisotopic (exact) mass is 443 g/mol. The van der Waals surface area contributed by atoms with Crippen molar-refractivity contribution in [2.45, 2.75) is 20.0 Å². The van der Waals surface area contributed by atoms with Crippen LogP contribution in [0.5, 0.6) is 0 Å². The van der Waals surface area contributed by atoms with Crippen molar-refractivity contribution in [1.82, 2.24) is 15.0 Å². The van der Waals surface area contributed by atoms with Gasteiger partial charge in [0.25, 0.3) is 5.91 Å². The van der Waals surface area contributed by atoms with Crippen LogP contribution in [0.4, 0.5) is 11.4 Å². The number of fused-ring (bicyclic) bond motifs is 1. The molecule has 33 heavy (non-hydrogen) atoms. The summed E-state index contributed by atoms with van der Waals surface area (Å²) in [6.07, 6.45) is 2.36. The van der Waals surface area contributed by atoms with Gasteiger partial charge in [0.1, 0.15) is 5.82 Å². The molecular weight excluding hydrogens is 422 g/mol. The Hall–Kier alpha value is -4.53. The maximum atomic E-state index is 12.6. The van der Waals surface area contributed by atoms with Gasteiger partial charge in [0, 0.05) is 36.3 Å². The third kappa shape index (κ3) is 5.21. The predicted molar refractivity (Wildman–Crippen MR) is 124 cm³/mol. The maximum Gasteiger partial charge on any atom is 0.338 e. The Morgan fingerprint density at radius 3 is 2.39 bits per heavy atom. The van der Waals surface area contributed by atoms with Crippen LogP contribution in [0, 0.1) is 0 Å². The van der Waals surface area contributed by atoms with Gasteiger partial charge in [-0.15, -0.1) is 0 Å². The molecule has 0 saturated heterocycles. The Morgan fingerprint density at radius 1 is 1.00 bits per heavy atom. The molecule has 9 heteroatoms. The largest absolute Gasteiger partial charge is 0.449 e. The van der Waals surface area contributed by atoms with E-state index in [0.29, 0.717) is 33.8 Å². The second-order valence-electron chi connectivity index (χ2n) is 7.35. The summed E-state index contributed by atoms with van der Waals surface area (Å²) in [6, 6.07) is 15.2. The molecule has 0 fully saturated rings. The molecule has 166 valence electrons. The first kappa shape index (κ1) is 21.7. The zero-order valence-corrected chi connectivity index (χ0v) is 18.0. The molecule has 2 heterocycles. The summed E-state index contributed by atoms with van der Waals surface area (Å²) in [7, 11) is 0. The first-order valence-electron chi connectivity index (χ1n) is 10.2. The number of esters is 1. The SMILES string of the molecule is CC(=O)Nc1ccc(NC(=O)C(C)OC(=O)c2ccc3nc(-c4cccnc4)[nH]c3c2)cc1. The minimum Gasteiger partial charge on any atom is -0.449 e. The molecule has 0 bridgehead atoms. The Morgan fingerprint density at radius 2 is 1.73 bits per heavy atom. The summed E-state index contributed by atoms with van der Waals surface area (Å²) in [5.74, 6) is -0.648. The number of aromatic nitrogens is 3. The van der Waals surface area contributed by atoms with Gasteiger partial charge in [0.05, 0.1) is 16.6 Å². The van der Waals surface area contributed by atoms with E-state index in [1.807, 2.05) is 12.1 Å². The number of pyridine rings is 1. The smallest absolute Gasteiger partial charge is 0.338 e. The lowest BCUT2D eigenvalue weighted by atomic mass is 10.2. The van der Waals surface area contributed by atoms with Gasteiger partial charge in [0.2, 0.25) is 5.91 Å². The molecule has 4 rings (SSSR count). The van der Waals surface area contributed by atoms with Crippen molar-refractivity contribution in [2.75, 3.05) is 10.6 Å². The summed E-state index contributed by atoms with van der Waals surface area (Å²) in [5.41, 5.74) is 3.61. The fourth-order valence-electron chi connectivity index (χ4n) is 3.14. The number of nitrogens with one attached hydrogen (secondary N) is 3. The lowest BCUT2D eigenvalue weighted by Crippen LogP contribution is -2.30. The van der Waals surface area contributed by atoms with E-state index >= 15 is 0 Å². The van der Waals surface area contributed by atoms with Crippen LogP contribution in [-0.4, -0.2) is 38.8 Å². The molecule has 0 spiro atoms. The van der Waals surface area contributed by atoms with E-state index in [9.17, 15) is 14.4 Å². The van der Waals surface area contributed by atoms with E-state index in [0.717, 1.165) is 5.56 Å². The molecule has 0 aliphatic heterocycles. The van der Waals surface area contributed by atoms with Gasteiger partial charge in [-0.2, -0.15) is 0 Å². The number of benzene rings is 2. The number of aromatic amines is 1. The first-order chi connectivity index (χ1) is 15.9. The van der Waals surface area contributed by atoms with Crippen LogP contribution in [0.1, 0.15) is 24.2 Å². The standard InChI is InChI=1S/C24H21N5O4/c1-14(23(31)27-19-8-6-18(7-9-19)26-15(2)30)33-24(32)16-5-10-20-21(12-16)29-22(28-20)17-4-3-11-25-13-17/h3-14H,1-2H3,(H,26,30)(H,27,31)(H,28,29). The van der Waals surface area contributed by atoms with Gasteiger partial charge < -0.3 is 20.4 Å². The van der Waals surface area contributed by atoms with Gasteiger partial charge >= 0.3 is 5.97 Å². The molecule has 2 aromatic heterocycles. The minimum atomic E-state index is -1.02. The normalized spacial score (nSPS) is 11.6. The molecule has 0 saturated carbocycles. The summed E-state index contributed by atoms with van der Waals surface area (Å²) in [4.78, 5) is 47.9. The third-order valence-electron chi connectivity index (χ3n) is 4.78. The van der Waals surface area contributed by atoms with E-state index in [2.05, 4.69) is 25.6 Å². The number of hydrogen-bond donors (Lipinski definition) is 3. The number of amides is 2. The molecular formula is C24H21N5O4. The fraction of sp³-hybridized carbons (Fsp3) is 0.125. The number of anilines is 2. The molecule has 0 radical (unpaired) electrons. The Bertz CT molecular complexity index is 1320. The van der Waals surface area contributed by atoms with Gasteiger partial charge in [-0.1, -0.05) is 0 Å². The summed E-state index contributed by atoms with van der Waals surface area (Å²) in [5, 5.41) is 5.32. The molecule has 1 unspecified atom stereocenters. The van der Waals surface area contributed by atoms with Crippen LogP contribution in [0.25, 0.3) is 22.4 Å². The molecule has 9 nitrogen and oxygen atoms in total. The summed E-state index contributed by atoms with van der Waals surface area (Å²) < 4.78 is 5.33. The van der Waals surface area contributed by atoms with Gasteiger partial charge in [-0.3, -0.25) is 14.6 Å². The fourth-order valence-corrected chi connectivity index (χ4v) is 3.14. The molecule has 4 aromatic rings. The number of hydrogen-bond acceptors (Lipinski definition) is 6. The van der Waals surface area contributed by atoms with Crippen LogP contribution in [-0.2, 0) is 14.3 Å². The topological polar surface area (TPSA) is 126 Å². The second-order valence-corrected chi connectivity index (χ2v) is 7.35. The number of carbonyl (C=O) groups excluding carboxylic acids is 3. The zero-order chi connectivity index (χ0) is 23.4. The van der Waals surface area contributed by atoms with Gasteiger partial charge in [0.15, 0.2) is 6.10 Å². The van der Waals surface area contributed by atoms with Crippen LogP contribution in [0.2, 0.25) is 0 Å². The van der Waals surface area contributed by atoms with Crippen molar-refractivity contribution in [3.63, 3.8) is 0 Å². The van der Waals surface area contributed by atoms with E-state index < -0.39 is 18.0 Å². The predicted octanol–water partition coefficient (Wildman–Crippen LogP) is 3.77. The number of ether oxygens (including phenoxy) is 1. The number of nitrogens with zero attached hydrogens (tertiary/aromatic N) is 2. The number of rotatable bonds is 6. The van der Waals surface area contributed by atoms with E-state index in [1.54, 1.807) is 54.9 Å². The van der Waals surface area contributed by atoms with Crippen molar-refractivity contribution in [3.05, 3.63) is 72.6 Å². The highest BCUT2D eigenvalue weighted by atomic mass is 16.5. The quantitative estimate of drug-likeness (QED) is 0.390. The molecule has 3 N–H and O–H groups in total. The Balaban J connectivity index is 1.40. The first-order valence-corrected chi connectivity index (χ1v) is 10.2. The number of imidazole rings is 1. The second kappa shape index (κ2) is 9.31. The highest BCUT2D eigenvalue weighted by Crippen LogP contribution is 2.21. The number of H-pyrrole nitrogens is 1. The molecule has 2 amide bonds. The maximum absolute atomic E-state index is 12.6. The number of carbonyl (C=O) groups is 3. The lowest BCUT2D eigenvalue weighted by Gasteiger charge is -2.14. The van der Waals surface area contributed by atoms with E-state index in [1.165, 1.54) is 13.8 Å². The highest BCUT2D eigenvalue weighted by Gasteiger charge is 2.20. The molecule has 2 aromatic carbocycles. The van der Waals surface area contributed by atoms with Crippen LogP contribution >= 0.6 is 0 Å². The average molecular weight is 443 g/mol. The summed E-state index contributed by atoms with van der Waals surface area (Å²) >= 11 is 0. The molecule has 0 aliphatic rings. The Kier molecular flexibility index (Phi) is 6.12. The van der Waals surface area contributed by atoms with Gasteiger partial charge in [-0.25, -0.2) is 9.78 Å². The van der Waals surface area contributed by atoms with Crippen LogP contribution in [0.3, 0.4) is 0 Å². The Labute approximate surface area is 189 Å².